The third kappa shape index (κ3) is 4.21. The average Bonchev–Trinajstić information content (AvgIpc) is 3.12. The van der Waals surface area contributed by atoms with Gasteiger partial charge in [-0.05, 0) is 38.0 Å². The van der Waals surface area contributed by atoms with E-state index in [4.69, 9.17) is 13.9 Å². The van der Waals surface area contributed by atoms with Crippen LogP contribution >= 0.6 is 0 Å². The van der Waals surface area contributed by atoms with E-state index in [0.29, 0.717) is 35.4 Å². The van der Waals surface area contributed by atoms with Crippen LogP contribution in [-0.2, 0) is 4.74 Å². The van der Waals surface area contributed by atoms with E-state index in [0.717, 1.165) is 50.4 Å². The number of rotatable bonds is 7. The Morgan fingerprint density at radius 3 is 2.53 bits per heavy atom. The molecule has 2 aliphatic heterocycles. The number of hydrogen-bond acceptors (Lipinski definition) is 6. The minimum atomic E-state index is -0.458. The highest BCUT2D eigenvalue weighted by molar-refractivity contribution is 5.99. The Bertz CT molecular complexity index is 1240. The highest BCUT2D eigenvalue weighted by Gasteiger charge is 2.42. The van der Waals surface area contributed by atoms with Gasteiger partial charge in [-0.25, -0.2) is 0 Å². The van der Waals surface area contributed by atoms with E-state index >= 15 is 0 Å². The Morgan fingerprint density at radius 2 is 1.79 bits per heavy atom. The molecule has 0 N–H and O–H groups in total. The maximum atomic E-state index is 13.7. The molecule has 0 bridgehead atoms. The molecule has 0 radical (unpaired) electrons. The molecule has 0 spiro atoms. The van der Waals surface area contributed by atoms with Gasteiger partial charge in [0.05, 0.1) is 36.8 Å². The number of aryl methyl sites for hydroxylation is 1. The van der Waals surface area contributed by atoms with E-state index in [-0.39, 0.29) is 17.1 Å². The summed E-state index contributed by atoms with van der Waals surface area (Å²) < 4.78 is 17.1. The van der Waals surface area contributed by atoms with E-state index in [1.54, 1.807) is 23.1 Å². The molecule has 1 amide bonds. The van der Waals surface area contributed by atoms with Crippen LogP contribution in [-0.4, -0.2) is 61.7 Å². The third-order valence-electron chi connectivity index (χ3n) is 6.62. The van der Waals surface area contributed by atoms with Crippen molar-refractivity contribution >= 4 is 16.9 Å². The number of hydrogen-bond donors (Lipinski definition) is 0. The number of fused-ring (bicyclic) bond motifs is 2. The first-order chi connectivity index (χ1) is 16.6. The minimum absolute atomic E-state index is 0.142. The number of carbonyl (C=O) groups is 1. The third-order valence-corrected chi connectivity index (χ3v) is 6.62. The molecule has 3 aromatic rings. The average molecular weight is 463 g/mol. The molecular weight excluding hydrogens is 432 g/mol. The summed E-state index contributed by atoms with van der Waals surface area (Å²) in [5.74, 6) is 0.521. The van der Waals surface area contributed by atoms with Gasteiger partial charge in [0.1, 0.15) is 11.3 Å². The summed E-state index contributed by atoms with van der Waals surface area (Å²) >= 11 is 0. The Kier molecular flexibility index (Phi) is 6.39. The lowest BCUT2D eigenvalue weighted by Crippen LogP contribution is -2.38. The maximum Gasteiger partial charge on any atom is 0.290 e. The first kappa shape index (κ1) is 22.6. The summed E-state index contributed by atoms with van der Waals surface area (Å²) in [5.41, 5.74) is 2.69. The number of carbonyl (C=O) groups excluding carboxylic acids is 1. The molecule has 2 aliphatic rings. The predicted octanol–water partition coefficient (Wildman–Crippen LogP) is 3.77. The molecule has 1 aromatic heterocycles. The summed E-state index contributed by atoms with van der Waals surface area (Å²) in [6, 6.07) is 12.8. The maximum absolute atomic E-state index is 13.7. The minimum Gasteiger partial charge on any atom is -0.494 e. The molecule has 5 rings (SSSR count). The van der Waals surface area contributed by atoms with Crippen LogP contribution in [0.2, 0.25) is 0 Å². The SMILES string of the molecule is CCOc1ccc2c(=O)c3c(oc2c1)C(=O)N(CCCN1CCOCC1)C3c1ccc(C)cc1. The smallest absolute Gasteiger partial charge is 0.290 e. The zero-order valence-electron chi connectivity index (χ0n) is 19.7. The van der Waals surface area contributed by atoms with Crippen molar-refractivity contribution in [2.45, 2.75) is 26.3 Å². The number of amides is 1. The van der Waals surface area contributed by atoms with E-state index in [1.807, 2.05) is 38.1 Å². The molecule has 0 aliphatic carbocycles. The fourth-order valence-corrected chi connectivity index (χ4v) is 4.87. The van der Waals surface area contributed by atoms with Crippen LogP contribution < -0.4 is 10.2 Å². The first-order valence-corrected chi connectivity index (χ1v) is 12.0. The van der Waals surface area contributed by atoms with Gasteiger partial charge in [-0.2, -0.15) is 0 Å². The first-order valence-electron chi connectivity index (χ1n) is 12.0. The zero-order chi connectivity index (χ0) is 23.7. The van der Waals surface area contributed by atoms with Gasteiger partial charge in [0, 0.05) is 32.2 Å². The Balaban J connectivity index is 1.52. The molecule has 178 valence electrons. The van der Waals surface area contributed by atoms with Gasteiger partial charge in [0.15, 0.2) is 5.43 Å². The standard InChI is InChI=1S/C27H30N2O5/c1-3-33-20-9-10-21-22(17-20)34-26-23(25(21)30)24(19-7-5-18(2)6-8-19)29(27(26)31)12-4-11-28-13-15-32-16-14-28/h5-10,17,24H,3-4,11-16H2,1-2H3. The molecule has 0 saturated carbocycles. The van der Waals surface area contributed by atoms with Gasteiger partial charge in [0.25, 0.3) is 5.91 Å². The van der Waals surface area contributed by atoms with E-state index in [9.17, 15) is 9.59 Å². The van der Waals surface area contributed by atoms with Crippen LogP contribution in [0, 0.1) is 6.92 Å². The van der Waals surface area contributed by atoms with Crippen molar-refractivity contribution in [3.8, 4) is 5.75 Å². The van der Waals surface area contributed by atoms with E-state index in [1.165, 1.54) is 0 Å². The van der Waals surface area contributed by atoms with Crippen molar-refractivity contribution in [3.63, 3.8) is 0 Å². The molecule has 1 unspecified atom stereocenters. The number of benzene rings is 2. The second-order valence-electron chi connectivity index (χ2n) is 8.88. The van der Waals surface area contributed by atoms with Crippen LogP contribution in [0.4, 0.5) is 0 Å². The van der Waals surface area contributed by atoms with Crippen molar-refractivity contribution in [1.29, 1.82) is 0 Å². The van der Waals surface area contributed by atoms with Crippen molar-refractivity contribution in [2.75, 3.05) is 46.0 Å². The van der Waals surface area contributed by atoms with Gasteiger partial charge < -0.3 is 18.8 Å². The lowest BCUT2D eigenvalue weighted by Gasteiger charge is -2.29. The van der Waals surface area contributed by atoms with Gasteiger partial charge >= 0.3 is 0 Å². The van der Waals surface area contributed by atoms with Gasteiger partial charge in [0.2, 0.25) is 5.76 Å². The van der Waals surface area contributed by atoms with Crippen molar-refractivity contribution in [3.05, 3.63) is 75.1 Å². The van der Waals surface area contributed by atoms with Crippen LogP contribution in [0.5, 0.6) is 5.75 Å². The van der Waals surface area contributed by atoms with Crippen molar-refractivity contribution < 1.29 is 18.7 Å². The fourth-order valence-electron chi connectivity index (χ4n) is 4.87. The molecule has 2 aromatic carbocycles. The van der Waals surface area contributed by atoms with E-state index in [2.05, 4.69) is 4.90 Å². The highest BCUT2D eigenvalue weighted by Crippen LogP contribution is 2.38. The van der Waals surface area contributed by atoms with Gasteiger partial charge in [-0.3, -0.25) is 14.5 Å². The largest absolute Gasteiger partial charge is 0.494 e. The van der Waals surface area contributed by atoms with Crippen LogP contribution in [0.25, 0.3) is 11.0 Å². The number of ether oxygens (including phenoxy) is 2. The molecule has 34 heavy (non-hydrogen) atoms. The highest BCUT2D eigenvalue weighted by atomic mass is 16.5. The molecule has 7 heteroatoms. The lowest BCUT2D eigenvalue weighted by atomic mass is 9.97. The van der Waals surface area contributed by atoms with Crippen molar-refractivity contribution in [1.82, 2.24) is 9.80 Å². The predicted molar refractivity (Wildman–Crippen MR) is 130 cm³/mol. The number of nitrogens with zero attached hydrogens (tertiary/aromatic N) is 2. The zero-order valence-corrected chi connectivity index (χ0v) is 19.7. The Labute approximate surface area is 198 Å². The van der Waals surface area contributed by atoms with Crippen LogP contribution in [0.15, 0.2) is 51.7 Å². The van der Waals surface area contributed by atoms with Gasteiger partial charge in [-0.1, -0.05) is 29.8 Å². The van der Waals surface area contributed by atoms with Gasteiger partial charge in [-0.15, -0.1) is 0 Å². The summed E-state index contributed by atoms with van der Waals surface area (Å²) in [5, 5.41) is 0.460. The topological polar surface area (TPSA) is 72.2 Å². The van der Waals surface area contributed by atoms with E-state index < -0.39 is 6.04 Å². The van der Waals surface area contributed by atoms with Crippen LogP contribution in [0.3, 0.4) is 0 Å². The molecule has 1 fully saturated rings. The second-order valence-corrected chi connectivity index (χ2v) is 8.88. The Morgan fingerprint density at radius 1 is 1.03 bits per heavy atom. The summed E-state index contributed by atoms with van der Waals surface area (Å²) in [6.07, 6.45) is 0.810. The second kappa shape index (κ2) is 9.60. The fraction of sp³-hybridized carbons (Fsp3) is 0.407. The summed E-state index contributed by atoms with van der Waals surface area (Å²) in [4.78, 5) is 31.4. The Hall–Kier alpha value is -3.16. The quantitative estimate of drug-likeness (QED) is 0.532. The summed E-state index contributed by atoms with van der Waals surface area (Å²) in [7, 11) is 0. The monoisotopic (exact) mass is 462 g/mol. The lowest BCUT2D eigenvalue weighted by molar-refractivity contribution is 0.0353. The molecule has 1 atom stereocenters. The molecule has 7 nitrogen and oxygen atoms in total. The molecule has 3 heterocycles. The molecule has 1 saturated heterocycles. The normalized spacial score (nSPS) is 18.5. The molecular formula is C27H30N2O5. The number of morpholine rings is 1. The summed E-state index contributed by atoms with van der Waals surface area (Å²) in [6.45, 7) is 9.15. The van der Waals surface area contributed by atoms with Crippen molar-refractivity contribution in [2.24, 2.45) is 0 Å². The van der Waals surface area contributed by atoms with Crippen LogP contribution in [0.1, 0.15) is 46.6 Å².